The van der Waals surface area contributed by atoms with Crippen molar-refractivity contribution in [2.75, 3.05) is 119 Å². The second kappa shape index (κ2) is 25.4. The first-order valence-electron chi connectivity index (χ1n) is 14.5. The highest BCUT2D eigenvalue weighted by molar-refractivity contribution is 5.41. The number of aliphatic hydroxyl groups is 1. The van der Waals surface area contributed by atoms with E-state index in [2.05, 4.69) is 45.9 Å². The zero-order valence-corrected chi connectivity index (χ0v) is 25.3. The van der Waals surface area contributed by atoms with Gasteiger partial charge in [-0.05, 0) is 29.0 Å². The van der Waals surface area contributed by atoms with Gasteiger partial charge in [-0.1, -0.05) is 39.8 Å². The quantitative estimate of drug-likeness (QED) is 0.150. The Morgan fingerprint density at radius 1 is 0.525 bits per heavy atom. The van der Waals surface area contributed by atoms with Gasteiger partial charge in [0.05, 0.1) is 112 Å². The summed E-state index contributed by atoms with van der Waals surface area (Å²) in [5, 5.41) is 8.57. The summed E-state index contributed by atoms with van der Waals surface area (Å²) < 4.78 is 49.4. The molecule has 0 atom stereocenters. The highest BCUT2D eigenvalue weighted by Gasteiger charge is 2.19. The van der Waals surface area contributed by atoms with Crippen LogP contribution in [0.5, 0.6) is 5.75 Å². The molecule has 1 N–H and O–H groups in total. The Morgan fingerprint density at radius 2 is 0.875 bits per heavy atom. The SMILES string of the molecule is CCc1ccc(OCCOCCOCCOCCOCCOCCOCCOCCOCCO)c(C(C)(C)C)c1. The first-order valence-corrected chi connectivity index (χ1v) is 14.5. The predicted octanol–water partition coefficient (Wildman–Crippen LogP) is 3.05. The van der Waals surface area contributed by atoms with E-state index in [1.54, 1.807) is 0 Å². The Labute approximate surface area is 241 Å². The van der Waals surface area contributed by atoms with Crippen molar-refractivity contribution < 1.29 is 47.7 Å². The molecule has 0 unspecified atom stereocenters. The average Bonchev–Trinajstić information content (AvgIpc) is 2.94. The molecule has 0 bridgehead atoms. The van der Waals surface area contributed by atoms with Crippen LogP contribution in [0.4, 0.5) is 0 Å². The summed E-state index contributed by atoms with van der Waals surface area (Å²) in [5.41, 5.74) is 2.58. The van der Waals surface area contributed by atoms with E-state index in [1.165, 1.54) is 11.1 Å². The first-order chi connectivity index (χ1) is 19.5. The third-order valence-corrected chi connectivity index (χ3v) is 5.59. The minimum absolute atomic E-state index is 0.0288. The predicted molar refractivity (Wildman–Crippen MR) is 154 cm³/mol. The maximum absolute atomic E-state index is 8.57. The summed E-state index contributed by atoms with van der Waals surface area (Å²) in [5.74, 6) is 0.930. The fourth-order valence-corrected chi connectivity index (χ4v) is 3.43. The number of rotatable bonds is 28. The van der Waals surface area contributed by atoms with E-state index in [1.807, 2.05) is 0 Å². The van der Waals surface area contributed by atoms with Crippen LogP contribution in [0.3, 0.4) is 0 Å². The van der Waals surface area contributed by atoms with Crippen molar-refractivity contribution in [2.45, 2.75) is 39.5 Å². The lowest BCUT2D eigenvalue weighted by atomic mass is 9.85. The largest absolute Gasteiger partial charge is 0.491 e. The maximum atomic E-state index is 8.57. The van der Waals surface area contributed by atoms with Crippen molar-refractivity contribution in [3.8, 4) is 5.75 Å². The lowest BCUT2D eigenvalue weighted by Gasteiger charge is -2.23. The first kappa shape index (κ1) is 36.7. The summed E-state index contributed by atoms with van der Waals surface area (Å²) in [6.07, 6.45) is 1.02. The van der Waals surface area contributed by atoms with Gasteiger partial charge in [-0.2, -0.15) is 0 Å². The highest BCUT2D eigenvalue weighted by Crippen LogP contribution is 2.32. The van der Waals surface area contributed by atoms with E-state index >= 15 is 0 Å². The number of benzene rings is 1. The van der Waals surface area contributed by atoms with Gasteiger partial charge in [-0.3, -0.25) is 0 Å². The Hall–Kier alpha value is -1.34. The lowest BCUT2D eigenvalue weighted by Crippen LogP contribution is -2.17. The maximum Gasteiger partial charge on any atom is 0.123 e. The van der Waals surface area contributed by atoms with Gasteiger partial charge in [0.1, 0.15) is 12.4 Å². The topological polar surface area (TPSA) is 103 Å². The van der Waals surface area contributed by atoms with Crippen LogP contribution in [-0.2, 0) is 49.7 Å². The van der Waals surface area contributed by atoms with E-state index in [0.29, 0.717) is 112 Å². The number of aryl methyl sites for hydroxylation is 1. The van der Waals surface area contributed by atoms with Crippen LogP contribution < -0.4 is 4.74 Å². The van der Waals surface area contributed by atoms with Crippen LogP contribution in [0, 0.1) is 0 Å². The zero-order chi connectivity index (χ0) is 29.2. The summed E-state index contributed by atoms with van der Waals surface area (Å²) in [6.45, 7) is 17.3. The summed E-state index contributed by atoms with van der Waals surface area (Å²) in [4.78, 5) is 0. The van der Waals surface area contributed by atoms with Gasteiger partial charge in [0, 0.05) is 0 Å². The van der Waals surface area contributed by atoms with Gasteiger partial charge in [-0.25, -0.2) is 0 Å². The molecule has 40 heavy (non-hydrogen) atoms. The van der Waals surface area contributed by atoms with Crippen molar-refractivity contribution in [3.05, 3.63) is 29.3 Å². The monoisotopic (exact) mass is 574 g/mol. The van der Waals surface area contributed by atoms with Crippen LogP contribution in [0.25, 0.3) is 0 Å². The van der Waals surface area contributed by atoms with Gasteiger partial charge >= 0.3 is 0 Å². The molecule has 0 spiro atoms. The van der Waals surface area contributed by atoms with Crippen molar-refractivity contribution in [2.24, 2.45) is 0 Å². The number of aliphatic hydroxyl groups excluding tert-OH is 1. The molecule has 0 aromatic heterocycles. The molecule has 0 aliphatic rings. The molecule has 0 amide bonds. The van der Waals surface area contributed by atoms with Crippen LogP contribution in [0.1, 0.15) is 38.8 Å². The Morgan fingerprint density at radius 3 is 1.20 bits per heavy atom. The van der Waals surface area contributed by atoms with Gasteiger partial charge in [0.15, 0.2) is 0 Å². The molecule has 10 heteroatoms. The van der Waals surface area contributed by atoms with Crippen LogP contribution in [-0.4, -0.2) is 124 Å². The Balaban J connectivity index is 1.80. The molecule has 0 heterocycles. The van der Waals surface area contributed by atoms with Gasteiger partial charge in [-0.15, -0.1) is 0 Å². The molecule has 10 nitrogen and oxygen atoms in total. The fourth-order valence-electron chi connectivity index (χ4n) is 3.43. The molecule has 0 radical (unpaired) electrons. The molecule has 1 rings (SSSR count). The van der Waals surface area contributed by atoms with Crippen molar-refractivity contribution in [1.82, 2.24) is 0 Å². The Kier molecular flexibility index (Phi) is 23.3. The second-order valence-corrected chi connectivity index (χ2v) is 9.91. The second-order valence-electron chi connectivity index (χ2n) is 9.91. The standard InChI is InChI=1S/C30H54O10/c1-5-27-6-7-29(28(26-27)30(2,3)4)40-25-24-39-23-22-38-21-20-37-19-18-36-17-16-35-15-14-34-13-12-33-11-10-32-9-8-31/h6-7,26,31H,5,8-25H2,1-4H3. The smallest absolute Gasteiger partial charge is 0.123 e. The molecule has 0 fully saturated rings. The van der Waals surface area contributed by atoms with Crippen LogP contribution >= 0.6 is 0 Å². The minimum Gasteiger partial charge on any atom is -0.491 e. The van der Waals surface area contributed by atoms with E-state index in [9.17, 15) is 0 Å². The fraction of sp³-hybridized carbons (Fsp3) is 0.800. The zero-order valence-electron chi connectivity index (χ0n) is 25.3. The van der Waals surface area contributed by atoms with E-state index in [-0.39, 0.29) is 12.0 Å². The lowest BCUT2D eigenvalue weighted by molar-refractivity contribution is -0.0242. The van der Waals surface area contributed by atoms with E-state index in [4.69, 9.17) is 47.7 Å². The molecular weight excluding hydrogens is 520 g/mol. The third-order valence-electron chi connectivity index (χ3n) is 5.59. The van der Waals surface area contributed by atoms with Gasteiger partial charge in [0.2, 0.25) is 0 Å². The number of hydrogen-bond donors (Lipinski definition) is 1. The molecule has 0 aliphatic heterocycles. The number of ether oxygens (including phenoxy) is 9. The van der Waals surface area contributed by atoms with E-state index in [0.717, 1.165) is 12.2 Å². The van der Waals surface area contributed by atoms with Crippen LogP contribution in [0.2, 0.25) is 0 Å². The summed E-state index contributed by atoms with van der Waals surface area (Å²) >= 11 is 0. The molecule has 1 aromatic rings. The summed E-state index contributed by atoms with van der Waals surface area (Å²) in [6, 6.07) is 6.44. The van der Waals surface area contributed by atoms with Crippen molar-refractivity contribution >= 4 is 0 Å². The van der Waals surface area contributed by atoms with E-state index < -0.39 is 0 Å². The molecule has 0 saturated carbocycles. The third kappa shape index (κ3) is 20.5. The highest BCUT2D eigenvalue weighted by atomic mass is 16.6. The van der Waals surface area contributed by atoms with Crippen LogP contribution in [0.15, 0.2) is 18.2 Å². The van der Waals surface area contributed by atoms with Crippen molar-refractivity contribution in [1.29, 1.82) is 0 Å². The molecular formula is C30H54O10. The average molecular weight is 575 g/mol. The van der Waals surface area contributed by atoms with Gasteiger partial charge < -0.3 is 47.7 Å². The summed E-state index contributed by atoms with van der Waals surface area (Å²) in [7, 11) is 0. The minimum atomic E-state index is 0.0288. The molecule has 234 valence electrons. The molecule has 0 aliphatic carbocycles. The Bertz CT molecular complexity index is 696. The molecule has 0 saturated heterocycles. The van der Waals surface area contributed by atoms with Gasteiger partial charge in [0.25, 0.3) is 0 Å². The van der Waals surface area contributed by atoms with Crippen molar-refractivity contribution in [3.63, 3.8) is 0 Å². The normalized spacial score (nSPS) is 11.8. The number of hydrogen-bond acceptors (Lipinski definition) is 10. The molecule has 1 aromatic carbocycles.